The van der Waals surface area contributed by atoms with Crippen molar-refractivity contribution in [2.75, 3.05) is 32.6 Å². The Balaban J connectivity index is 1.83. The predicted octanol–water partition coefficient (Wildman–Crippen LogP) is 3.51. The Labute approximate surface area is 181 Å². The number of nitrogens with one attached hydrogen (secondary N) is 1. The first-order valence-electron chi connectivity index (χ1n) is 10.3. The van der Waals surface area contributed by atoms with Crippen molar-refractivity contribution in [2.24, 2.45) is 0 Å². The van der Waals surface area contributed by atoms with Gasteiger partial charge in [-0.1, -0.05) is 42.5 Å². The largest absolute Gasteiger partial charge is 0.508 e. The lowest BCUT2D eigenvalue weighted by Gasteiger charge is -2.18. The van der Waals surface area contributed by atoms with E-state index in [9.17, 15) is 10.2 Å². The maximum atomic E-state index is 10.0. The molecule has 0 amide bonds. The summed E-state index contributed by atoms with van der Waals surface area (Å²) in [6.07, 6.45) is 3.60. The topological polar surface area (TPSA) is 86.4 Å². The Kier molecular flexibility index (Phi) is 6.16. The van der Waals surface area contributed by atoms with Gasteiger partial charge in [0.2, 0.25) is 0 Å². The van der Waals surface area contributed by atoms with Crippen molar-refractivity contribution in [3.05, 3.63) is 72.7 Å². The summed E-state index contributed by atoms with van der Waals surface area (Å²) in [5, 5.41) is 24.3. The number of phenols is 1. The number of likely N-dealkylation sites (N-methyl/N-ethyl adjacent to an activating group) is 1. The van der Waals surface area contributed by atoms with Gasteiger partial charge in [0.05, 0.1) is 18.0 Å². The van der Waals surface area contributed by atoms with Gasteiger partial charge in [0, 0.05) is 24.8 Å². The molecule has 0 bridgehead atoms. The van der Waals surface area contributed by atoms with Crippen LogP contribution in [0.3, 0.4) is 0 Å². The van der Waals surface area contributed by atoms with Crippen molar-refractivity contribution in [1.82, 2.24) is 19.4 Å². The average Bonchev–Trinajstić information content (AvgIpc) is 3.16. The highest BCUT2D eigenvalue weighted by Gasteiger charge is 2.19. The van der Waals surface area contributed by atoms with E-state index in [1.54, 1.807) is 18.5 Å². The van der Waals surface area contributed by atoms with Gasteiger partial charge in [-0.05, 0) is 37.4 Å². The minimum atomic E-state index is -0.304. The summed E-state index contributed by atoms with van der Waals surface area (Å²) < 4.78 is 2.11. The Morgan fingerprint density at radius 3 is 2.58 bits per heavy atom. The van der Waals surface area contributed by atoms with E-state index in [0.717, 1.165) is 40.8 Å². The molecule has 2 aromatic carbocycles. The normalized spacial score (nSPS) is 12.4. The van der Waals surface area contributed by atoms with Gasteiger partial charge in [0.1, 0.15) is 23.5 Å². The Morgan fingerprint density at radius 2 is 1.87 bits per heavy atom. The summed E-state index contributed by atoms with van der Waals surface area (Å²) in [6, 6.07) is 16.7. The number of hydrogen-bond donors (Lipinski definition) is 3. The molecule has 7 nitrogen and oxygen atoms in total. The molecule has 0 spiro atoms. The maximum Gasteiger partial charge on any atom is 0.146 e. The molecule has 4 aromatic rings. The van der Waals surface area contributed by atoms with Crippen LogP contribution in [0.25, 0.3) is 22.2 Å². The van der Waals surface area contributed by atoms with Crippen LogP contribution in [-0.4, -0.2) is 56.9 Å². The summed E-state index contributed by atoms with van der Waals surface area (Å²) in [5.41, 5.74) is 3.59. The molecule has 160 valence electrons. The van der Waals surface area contributed by atoms with Crippen molar-refractivity contribution >= 4 is 16.9 Å². The number of aliphatic hydroxyl groups is 1. The number of aliphatic hydroxyl groups excluding tert-OH is 1. The van der Waals surface area contributed by atoms with E-state index in [-0.39, 0.29) is 18.4 Å². The fourth-order valence-corrected chi connectivity index (χ4v) is 3.69. The summed E-state index contributed by atoms with van der Waals surface area (Å²) in [7, 11) is 4.07. The van der Waals surface area contributed by atoms with Crippen molar-refractivity contribution < 1.29 is 10.2 Å². The summed E-state index contributed by atoms with van der Waals surface area (Å²) in [6.45, 7) is 1.55. The Bertz CT molecular complexity index is 1160. The lowest BCUT2D eigenvalue weighted by molar-refractivity contribution is 0.276. The third-order valence-electron chi connectivity index (χ3n) is 5.29. The van der Waals surface area contributed by atoms with Crippen LogP contribution in [0.5, 0.6) is 5.75 Å². The van der Waals surface area contributed by atoms with Gasteiger partial charge in [-0.25, -0.2) is 9.97 Å². The van der Waals surface area contributed by atoms with Crippen LogP contribution in [0.15, 0.2) is 67.1 Å². The van der Waals surface area contributed by atoms with Crippen molar-refractivity contribution in [3.8, 4) is 16.9 Å². The third kappa shape index (κ3) is 4.52. The first-order chi connectivity index (χ1) is 15.1. The molecule has 0 aliphatic rings. The van der Waals surface area contributed by atoms with Gasteiger partial charge in [-0.15, -0.1) is 0 Å². The quantitative estimate of drug-likeness (QED) is 0.407. The van der Waals surface area contributed by atoms with E-state index < -0.39 is 0 Å². The van der Waals surface area contributed by atoms with Gasteiger partial charge < -0.3 is 25.0 Å². The van der Waals surface area contributed by atoms with Gasteiger partial charge >= 0.3 is 0 Å². The second kappa shape index (κ2) is 9.16. The molecule has 31 heavy (non-hydrogen) atoms. The van der Waals surface area contributed by atoms with Crippen molar-refractivity contribution in [1.29, 1.82) is 0 Å². The molecule has 0 saturated heterocycles. The van der Waals surface area contributed by atoms with E-state index in [1.165, 1.54) is 0 Å². The van der Waals surface area contributed by atoms with Crippen LogP contribution in [-0.2, 0) is 6.54 Å². The molecule has 1 atom stereocenters. The fraction of sp³-hybridized carbons (Fsp3) is 0.250. The smallest absolute Gasteiger partial charge is 0.146 e. The van der Waals surface area contributed by atoms with Crippen LogP contribution >= 0.6 is 0 Å². The van der Waals surface area contributed by atoms with Gasteiger partial charge in [0.25, 0.3) is 0 Å². The molecule has 0 aliphatic heterocycles. The highest BCUT2D eigenvalue weighted by atomic mass is 16.3. The van der Waals surface area contributed by atoms with E-state index in [1.807, 2.05) is 56.6 Å². The van der Waals surface area contributed by atoms with Crippen LogP contribution in [0.1, 0.15) is 11.6 Å². The molecular formula is C24H27N5O2. The predicted molar refractivity (Wildman–Crippen MR) is 123 cm³/mol. The highest BCUT2D eigenvalue weighted by Crippen LogP contribution is 2.36. The second-order valence-electron chi connectivity index (χ2n) is 7.80. The van der Waals surface area contributed by atoms with Crippen LogP contribution in [0, 0.1) is 0 Å². The molecule has 0 fully saturated rings. The van der Waals surface area contributed by atoms with E-state index in [0.29, 0.717) is 5.82 Å². The van der Waals surface area contributed by atoms with E-state index in [4.69, 9.17) is 0 Å². The number of nitrogens with zero attached hydrogens (tertiary/aromatic N) is 4. The number of aromatic nitrogens is 3. The second-order valence-corrected chi connectivity index (χ2v) is 7.80. The van der Waals surface area contributed by atoms with Gasteiger partial charge in [0.15, 0.2) is 0 Å². The SMILES string of the molecule is CN(C)CCn1cc(-c2cccc(O)c2)c2c(N[C@H](CO)c3ccccc3)ncnc21. The van der Waals surface area contributed by atoms with Gasteiger partial charge in [-0.2, -0.15) is 0 Å². The molecule has 0 unspecified atom stereocenters. The summed E-state index contributed by atoms with van der Waals surface area (Å²) in [4.78, 5) is 11.2. The Hall–Kier alpha value is -3.42. The highest BCUT2D eigenvalue weighted by molar-refractivity contribution is 6.01. The average molecular weight is 418 g/mol. The van der Waals surface area contributed by atoms with Crippen LogP contribution < -0.4 is 5.32 Å². The fourth-order valence-electron chi connectivity index (χ4n) is 3.69. The van der Waals surface area contributed by atoms with Gasteiger partial charge in [-0.3, -0.25) is 0 Å². The zero-order valence-electron chi connectivity index (χ0n) is 17.7. The molecule has 2 heterocycles. The third-order valence-corrected chi connectivity index (χ3v) is 5.29. The molecule has 7 heteroatoms. The molecule has 0 radical (unpaired) electrons. The number of phenolic OH excluding ortho intramolecular Hbond substituents is 1. The first kappa shape index (κ1) is 20.8. The van der Waals surface area contributed by atoms with Crippen LogP contribution in [0.4, 0.5) is 5.82 Å². The Morgan fingerprint density at radius 1 is 1.06 bits per heavy atom. The molecule has 3 N–H and O–H groups in total. The molecule has 4 rings (SSSR count). The lowest BCUT2D eigenvalue weighted by atomic mass is 10.0. The van der Waals surface area contributed by atoms with Crippen molar-refractivity contribution in [3.63, 3.8) is 0 Å². The minimum Gasteiger partial charge on any atom is -0.508 e. The molecule has 2 aromatic heterocycles. The number of anilines is 1. The first-order valence-corrected chi connectivity index (χ1v) is 10.3. The summed E-state index contributed by atoms with van der Waals surface area (Å²) in [5.74, 6) is 0.852. The maximum absolute atomic E-state index is 10.0. The molecule has 0 aliphatic carbocycles. The number of hydrogen-bond acceptors (Lipinski definition) is 6. The standard InChI is InChI=1S/C24H27N5O2/c1-28(2)11-12-29-14-20(18-9-6-10-19(31)13-18)22-23(25-16-26-24(22)29)27-21(15-30)17-7-4-3-5-8-17/h3-10,13-14,16,21,30-31H,11-12,15H2,1-2H3,(H,25,26,27)/t21-/m1/s1. The number of aromatic hydroxyl groups is 1. The number of benzene rings is 2. The van der Waals surface area contributed by atoms with Crippen LogP contribution in [0.2, 0.25) is 0 Å². The molecular weight excluding hydrogens is 390 g/mol. The lowest BCUT2D eigenvalue weighted by Crippen LogP contribution is -2.18. The summed E-state index contributed by atoms with van der Waals surface area (Å²) >= 11 is 0. The monoisotopic (exact) mass is 417 g/mol. The zero-order chi connectivity index (χ0) is 21.8. The van der Waals surface area contributed by atoms with Crippen molar-refractivity contribution in [2.45, 2.75) is 12.6 Å². The zero-order valence-corrected chi connectivity index (χ0v) is 17.7. The van der Waals surface area contributed by atoms with E-state index >= 15 is 0 Å². The minimum absolute atomic E-state index is 0.0711. The van der Waals surface area contributed by atoms with E-state index in [2.05, 4.69) is 30.9 Å². The number of rotatable bonds is 8. The number of fused-ring (bicyclic) bond motifs is 1. The molecule has 0 saturated carbocycles.